The number of alkyl halides is 3. The standard InChI is InChI=1S/C8H4F4N2.C2H6/c1-4-3-14-5(2-13)6(7(4)9)8(10,11)12;1-2/h3H,1H3;1-2H3. The van der Waals surface area contributed by atoms with Crippen molar-refractivity contribution in [3.8, 4) is 6.07 Å². The quantitative estimate of drug-likeness (QED) is 0.644. The smallest absolute Gasteiger partial charge is 0.244 e. The fraction of sp³-hybridized carbons (Fsp3) is 0.400. The molecule has 0 spiro atoms. The maximum atomic E-state index is 13.0. The van der Waals surface area contributed by atoms with Crippen LogP contribution in [0.25, 0.3) is 0 Å². The highest BCUT2D eigenvalue weighted by Gasteiger charge is 2.38. The molecule has 0 saturated heterocycles. The molecule has 1 rings (SSSR count). The van der Waals surface area contributed by atoms with Crippen LogP contribution < -0.4 is 0 Å². The minimum atomic E-state index is -4.89. The largest absolute Gasteiger partial charge is 0.422 e. The van der Waals surface area contributed by atoms with Gasteiger partial charge in [0.2, 0.25) is 0 Å². The minimum Gasteiger partial charge on any atom is -0.244 e. The molecule has 6 heteroatoms. The van der Waals surface area contributed by atoms with E-state index < -0.39 is 23.3 Å². The van der Waals surface area contributed by atoms with Gasteiger partial charge in [-0.2, -0.15) is 18.4 Å². The van der Waals surface area contributed by atoms with Gasteiger partial charge < -0.3 is 0 Å². The van der Waals surface area contributed by atoms with Crippen molar-refractivity contribution in [2.24, 2.45) is 0 Å². The molecular weight excluding hydrogens is 224 g/mol. The molecule has 0 atom stereocenters. The molecule has 88 valence electrons. The second-order valence-corrected chi connectivity index (χ2v) is 2.59. The number of nitrogens with zero attached hydrogens (tertiary/aromatic N) is 2. The summed E-state index contributed by atoms with van der Waals surface area (Å²) in [5.74, 6) is -1.44. The minimum absolute atomic E-state index is 0.240. The van der Waals surface area contributed by atoms with Crippen LogP contribution in [0.2, 0.25) is 0 Å². The Labute approximate surface area is 90.5 Å². The Morgan fingerprint density at radius 3 is 2.19 bits per heavy atom. The summed E-state index contributed by atoms with van der Waals surface area (Å²) < 4.78 is 49.8. The number of aryl methyl sites for hydroxylation is 1. The van der Waals surface area contributed by atoms with Crippen LogP contribution >= 0.6 is 0 Å². The second-order valence-electron chi connectivity index (χ2n) is 2.59. The Morgan fingerprint density at radius 1 is 1.31 bits per heavy atom. The first-order chi connectivity index (χ1) is 7.38. The average molecular weight is 234 g/mol. The van der Waals surface area contributed by atoms with E-state index in [1.165, 1.54) is 6.07 Å². The highest BCUT2D eigenvalue weighted by Crippen LogP contribution is 2.33. The fourth-order valence-electron chi connectivity index (χ4n) is 0.927. The number of hydrogen-bond donors (Lipinski definition) is 0. The lowest BCUT2D eigenvalue weighted by atomic mass is 10.1. The third kappa shape index (κ3) is 2.92. The third-order valence-electron chi connectivity index (χ3n) is 1.58. The molecule has 0 fully saturated rings. The first-order valence-corrected chi connectivity index (χ1v) is 4.50. The molecule has 0 N–H and O–H groups in total. The van der Waals surface area contributed by atoms with Crippen LogP contribution in [0, 0.1) is 24.1 Å². The zero-order valence-electron chi connectivity index (χ0n) is 8.98. The maximum Gasteiger partial charge on any atom is 0.422 e. The summed E-state index contributed by atoms with van der Waals surface area (Å²) in [6.45, 7) is 5.15. The van der Waals surface area contributed by atoms with Gasteiger partial charge in [0.15, 0.2) is 5.69 Å². The van der Waals surface area contributed by atoms with Gasteiger partial charge in [-0.1, -0.05) is 13.8 Å². The molecule has 2 nitrogen and oxygen atoms in total. The van der Waals surface area contributed by atoms with Crippen molar-refractivity contribution in [1.82, 2.24) is 4.98 Å². The Hall–Kier alpha value is -1.64. The summed E-state index contributed by atoms with van der Waals surface area (Å²) >= 11 is 0. The monoisotopic (exact) mass is 234 g/mol. The van der Waals surface area contributed by atoms with Crippen LogP contribution in [0.15, 0.2) is 6.20 Å². The van der Waals surface area contributed by atoms with Crippen molar-refractivity contribution in [2.75, 3.05) is 0 Å². The molecule has 0 unspecified atom stereocenters. The first kappa shape index (κ1) is 14.4. The van der Waals surface area contributed by atoms with E-state index in [-0.39, 0.29) is 5.56 Å². The van der Waals surface area contributed by atoms with Crippen molar-refractivity contribution in [3.63, 3.8) is 0 Å². The molecular formula is C10H10F4N2. The Morgan fingerprint density at radius 2 is 1.81 bits per heavy atom. The molecule has 0 amide bonds. The maximum absolute atomic E-state index is 13.0. The zero-order chi connectivity index (χ0) is 12.9. The fourth-order valence-corrected chi connectivity index (χ4v) is 0.927. The molecule has 1 heterocycles. The van der Waals surface area contributed by atoms with Gasteiger partial charge in [-0.05, 0) is 6.92 Å². The van der Waals surface area contributed by atoms with E-state index in [2.05, 4.69) is 4.98 Å². The molecule has 0 bridgehead atoms. The summed E-state index contributed by atoms with van der Waals surface area (Å²) in [7, 11) is 0. The van der Waals surface area contributed by atoms with Crippen molar-refractivity contribution >= 4 is 0 Å². The van der Waals surface area contributed by atoms with E-state index in [1.54, 1.807) is 0 Å². The van der Waals surface area contributed by atoms with Crippen molar-refractivity contribution in [2.45, 2.75) is 26.9 Å². The molecule has 1 aromatic rings. The Balaban J connectivity index is 0.00000106. The predicted octanol–water partition coefficient (Wildman–Crippen LogP) is 3.45. The topological polar surface area (TPSA) is 36.7 Å². The molecule has 0 aliphatic carbocycles. The molecule has 0 aliphatic rings. The van der Waals surface area contributed by atoms with E-state index >= 15 is 0 Å². The van der Waals surface area contributed by atoms with Gasteiger partial charge in [0.25, 0.3) is 0 Å². The highest BCUT2D eigenvalue weighted by molar-refractivity contribution is 5.36. The van der Waals surface area contributed by atoms with Crippen molar-refractivity contribution < 1.29 is 17.6 Å². The van der Waals surface area contributed by atoms with E-state index in [1.807, 2.05) is 13.8 Å². The number of halogens is 4. The predicted molar refractivity (Wildman–Crippen MR) is 50.0 cm³/mol. The van der Waals surface area contributed by atoms with Crippen molar-refractivity contribution in [3.05, 3.63) is 28.8 Å². The van der Waals surface area contributed by atoms with E-state index in [0.717, 1.165) is 13.1 Å². The molecule has 0 saturated carbocycles. The summed E-state index contributed by atoms with van der Waals surface area (Å²) in [5, 5.41) is 8.32. The summed E-state index contributed by atoms with van der Waals surface area (Å²) in [4.78, 5) is 3.20. The van der Waals surface area contributed by atoms with Crippen LogP contribution in [0.1, 0.15) is 30.7 Å². The van der Waals surface area contributed by atoms with Crippen molar-refractivity contribution in [1.29, 1.82) is 5.26 Å². The number of rotatable bonds is 0. The van der Waals surface area contributed by atoms with Crippen LogP contribution in [0.3, 0.4) is 0 Å². The Kier molecular flexibility index (Phi) is 4.89. The van der Waals surface area contributed by atoms with Crippen LogP contribution in [-0.2, 0) is 6.18 Å². The zero-order valence-corrected chi connectivity index (χ0v) is 8.98. The third-order valence-corrected chi connectivity index (χ3v) is 1.58. The highest BCUT2D eigenvalue weighted by atomic mass is 19.4. The number of nitriles is 1. The molecule has 0 aliphatic heterocycles. The van der Waals surface area contributed by atoms with Crippen LogP contribution in [0.5, 0.6) is 0 Å². The molecule has 1 aromatic heterocycles. The van der Waals surface area contributed by atoms with Gasteiger partial charge in [0.05, 0.1) is 0 Å². The lowest BCUT2D eigenvalue weighted by Crippen LogP contribution is -2.13. The first-order valence-electron chi connectivity index (χ1n) is 4.50. The lowest BCUT2D eigenvalue weighted by molar-refractivity contribution is -0.140. The van der Waals surface area contributed by atoms with Gasteiger partial charge in [-0.3, -0.25) is 0 Å². The van der Waals surface area contributed by atoms with E-state index in [9.17, 15) is 17.6 Å². The SMILES string of the molecule is CC.Cc1cnc(C#N)c(C(F)(F)F)c1F. The van der Waals surface area contributed by atoms with Gasteiger partial charge in [0.1, 0.15) is 17.4 Å². The number of pyridine rings is 1. The molecule has 0 aromatic carbocycles. The summed E-state index contributed by atoms with van der Waals surface area (Å²) in [6, 6.07) is 1.20. The van der Waals surface area contributed by atoms with Crippen LogP contribution in [-0.4, -0.2) is 4.98 Å². The van der Waals surface area contributed by atoms with Gasteiger partial charge in [-0.25, -0.2) is 9.37 Å². The van der Waals surface area contributed by atoms with Gasteiger partial charge >= 0.3 is 6.18 Å². The normalized spacial score (nSPS) is 10.1. The number of hydrogen-bond acceptors (Lipinski definition) is 2. The average Bonchev–Trinajstić information content (AvgIpc) is 2.23. The molecule has 0 radical (unpaired) electrons. The van der Waals surface area contributed by atoms with E-state index in [4.69, 9.17) is 5.26 Å². The molecule has 16 heavy (non-hydrogen) atoms. The van der Waals surface area contributed by atoms with E-state index in [0.29, 0.717) is 0 Å². The summed E-state index contributed by atoms with van der Waals surface area (Å²) in [5.41, 5.74) is -2.78. The van der Waals surface area contributed by atoms with Crippen LogP contribution in [0.4, 0.5) is 17.6 Å². The Bertz CT molecular complexity index is 405. The van der Waals surface area contributed by atoms with Gasteiger partial charge in [0, 0.05) is 11.8 Å². The number of aromatic nitrogens is 1. The summed E-state index contributed by atoms with van der Waals surface area (Å²) in [6.07, 6.45) is -4.00. The second kappa shape index (κ2) is 5.45. The van der Waals surface area contributed by atoms with Gasteiger partial charge in [-0.15, -0.1) is 0 Å². The lowest BCUT2D eigenvalue weighted by Gasteiger charge is -2.09.